The van der Waals surface area contributed by atoms with Crippen molar-refractivity contribution in [3.63, 3.8) is 0 Å². The number of anilines is 1. The Hall–Kier alpha value is -3.18. The summed E-state index contributed by atoms with van der Waals surface area (Å²) >= 11 is 0. The van der Waals surface area contributed by atoms with Gasteiger partial charge < -0.3 is 0 Å². The number of rotatable bonds is 4. The number of hydrogen-bond acceptors (Lipinski definition) is 5. The van der Waals surface area contributed by atoms with Crippen molar-refractivity contribution in [1.29, 1.82) is 5.26 Å². The summed E-state index contributed by atoms with van der Waals surface area (Å²) in [5, 5.41) is 16.9. The highest BCUT2D eigenvalue weighted by atomic mass is 32.2. The van der Waals surface area contributed by atoms with Gasteiger partial charge in [-0.1, -0.05) is 18.2 Å². The van der Waals surface area contributed by atoms with E-state index >= 15 is 0 Å². The minimum atomic E-state index is -3.78. The van der Waals surface area contributed by atoms with Crippen LogP contribution in [-0.2, 0) is 10.0 Å². The fourth-order valence-electron chi connectivity index (χ4n) is 1.90. The lowest BCUT2D eigenvalue weighted by Gasteiger charge is -2.04. The highest BCUT2D eigenvalue weighted by molar-refractivity contribution is 7.92. The summed E-state index contributed by atoms with van der Waals surface area (Å²) in [4.78, 5) is 1.38. The molecule has 0 aliphatic rings. The third kappa shape index (κ3) is 3.20. The van der Waals surface area contributed by atoms with Crippen LogP contribution in [0.25, 0.3) is 5.69 Å². The van der Waals surface area contributed by atoms with Gasteiger partial charge in [0.2, 0.25) is 0 Å². The second-order valence-electron chi connectivity index (χ2n) is 4.60. The van der Waals surface area contributed by atoms with Crippen molar-refractivity contribution in [2.24, 2.45) is 0 Å². The van der Waals surface area contributed by atoms with E-state index < -0.39 is 10.0 Å². The van der Waals surface area contributed by atoms with Crippen LogP contribution in [0.15, 0.2) is 65.7 Å². The summed E-state index contributed by atoms with van der Waals surface area (Å²) < 4.78 is 26.9. The zero-order valence-electron chi connectivity index (χ0n) is 11.8. The van der Waals surface area contributed by atoms with Crippen LogP contribution in [0.2, 0.25) is 0 Å². The molecule has 0 radical (unpaired) electrons. The quantitative estimate of drug-likeness (QED) is 0.790. The maximum absolute atomic E-state index is 12.3. The third-order valence-corrected chi connectivity index (χ3v) is 4.38. The Balaban J connectivity index is 1.84. The molecule has 0 atom stereocenters. The number of nitriles is 1. The molecule has 0 unspecified atom stereocenters. The second-order valence-corrected chi connectivity index (χ2v) is 6.28. The summed E-state index contributed by atoms with van der Waals surface area (Å²) in [5.41, 5.74) is 1.11. The summed E-state index contributed by atoms with van der Waals surface area (Å²) in [6.45, 7) is 0. The minimum absolute atomic E-state index is 0.0470. The SMILES string of the molecule is N#Cc1ccc(S(=O)(=O)Nc2cnn(-c3ccccc3)n2)cc1. The average Bonchev–Trinajstić information content (AvgIpc) is 3.03. The Labute approximate surface area is 132 Å². The minimum Gasteiger partial charge on any atom is -0.260 e. The predicted molar refractivity (Wildman–Crippen MR) is 83.3 cm³/mol. The maximum Gasteiger partial charge on any atom is 0.263 e. The predicted octanol–water partition coefficient (Wildman–Crippen LogP) is 1.94. The van der Waals surface area contributed by atoms with E-state index in [4.69, 9.17) is 5.26 Å². The number of para-hydroxylation sites is 1. The first kappa shape index (κ1) is 14.7. The largest absolute Gasteiger partial charge is 0.263 e. The molecule has 0 saturated carbocycles. The molecule has 0 saturated heterocycles. The number of nitrogens with one attached hydrogen (secondary N) is 1. The Morgan fingerprint density at radius 2 is 1.74 bits per heavy atom. The molecule has 3 aromatic rings. The maximum atomic E-state index is 12.3. The molecule has 0 bridgehead atoms. The number of hydrogen-bond donors (Lipinski definition) is 1. The lowest BCUT2D eigenvalue weighted by Crippen LogP contribution is -2.13. The Bertz CT molecular complexity index is 957. The molecule has 0 aliphatic heterocycles. The van der Waals surface area contributed by atoms with Gasteiger partial charge in [-0.15, -0.1) is 9.90 Å². The number of benzene rings is 2. The van der Waals surface area contributed by atoms with Crippen molar-refractivity contribution in [3.8, 4) is 11.8 Å². The van der Waals surface area contributed by atoms with Crippen LogP contribution in [0, 0.1) is 11.3 Å². The van der Waals surface area contributed by atoms with Gasteiger partial charge in [-0.05, 0) is 36.4 Å². The van der Waals surface area contributed by atoms with Crippen LogP contribution in [-0.4, -0.2) is 23.4 Å². The van der Waals surface area contributed by atoms with Gasteiger partial charge >= 0.3 is 0 Å². The molecule has 23 heavy (non-hydrogen) atoms. The topological polar surface area (TPSA) is 101 Å². The van der Waals surface area contributed by atoms with Gasteiger partial charge in [0.1, 0.15) is 0 Å². The van der Waals surface area contributed by atoms with Crippen LogP contribution < -0.4 is 4.72 Å². The van der Waals surface area contributed by atoms with E-state index in [0.29, 0.717) is 5.56 Å². The van der Waals surface area contributed by atoms with E-state index in [2.05, 4.69) is 14.9 Å². The van der Waals surface area contributed by atoms with Crippen molar-refractivity contribution in [1.82, 2.24) is 15.0 Å². The molecule has 1 aromatic heterocycles. The third-order valence-electron chi connectivity index (χ3n) is 3.01. The lowest BCUT2D eigenvalue weighted by atomic mass is 10.2. The van der Waals surface area contributed by atoms with Gasteiger partial charge in [0.05, 0.1) is 28.4 Å². The molecular formula is C15H11N5O2S. The second kappa shape index (κ2) is 5.90. The standard InChI is InChI=1S/C15H11N5O2S/c16-10-12-6-8-14(9-7-12)23(21,22)19-15-11-17-20(18-15)13-4-2-1-3-5-13/h1-9,11H,(H,18,19). The molecule has 0 amide bonds. The van der Waals surface area contributed by atoms with Crippen molar-refractivity contribution in [3.05, 3.63) is 66.4 Å². The molecule has 7 nitrogen and oxygen atoms in total. The summed E-state index contributed by atoms with van der Waals surface area (Å²) in [6.07, 6.45) is 1.33. The molecule has 2 aromatic carbocycles. The highest BCUT2D eigenvalue weighted by Gasteiger charge is 2.16. The molecule has 1 heterocycles. The molecule has 114 valence electrons. The first-order valence-electron chi connectivity index (χ1n) is 6.59. The first-order valence-corrected chi connectivity index (χ1v) is 8.07. The Kier molecular flexibility index (Phi) is 3.78. The van der Waals surface area contributed by atoms with E-state index in [1.165, 1.54) is 35.3 Å². The van der Waals surface area contributed by atoms with Gasteiger partial charge in [-0.2, -0.15) is 10.4 Å². The van der Waals surface area contributed by atoms with E-state index in [-0.39, 0.29) is 10.7 Å². The van der Waals surface area contributed by atoms with Crippen molar-refractivity contribution in [2.75, 3.05) is 4.72 Å². The van der Waals surface area contributed by atoms with Crippen molar-refractivity contribution < 1.29 is 8.42 Å². The summed E-state index contributed by atoms with van der Waals surface area (Å²) in [5.74, 6) is 0.109. The van der Waals surface area contributed by atoms with Crippen LogP contribution in [0.3, 0.4) is 0 Å². The van der Waals surface area contributed by atoms with E-state index in [1.54, 1.807) is 12.1 Å². The van der Waals surface area contributed by atoms with Crippen molar-refractivity contribution >= 4 is 15.8 Å². The van der Waals surface area contributed by atoms with Crippen LogP contribution in [0.4, 0.5) is 5.82 Å². The van der Waals surface area contributed by atoms with Gasteiger partial charge in [0, 0.05) is 0 Å². The molecule has 0 aliphatic carbocycles. The zero-order chi connectivity index (χ0) is 16.3. The molecule has 1 N–H and O–H groups in total. The molecular weight excluding hydrogens is 314 g/mol. The normalized spacial score (nSPS) is 10.9. The van der Waals surface area contributed by atoms with Crippen molar-refractivity contribution in [2.45, 2.75) is 4.90 Å². The summed E-state index contributed by atoms with van der Waals surface area (Å²) in [6, 6.07) is 16.7. The average molecular weight is 325 g/mol. The molecule has 0 spiro atoms. The molecule has 0 fully saturated rings. The van der Waals surface area contributed by atoms with Crippen LogP contribution >= 0.6 is 0 Å². The van der Waals surface area contributed by atoms with Crippen LogP contribution in [0.5, 0.6) is 0 Å². The highest BCUT2D eigenvalue weighted by Crippen LogP contribution is 2.15. The Morgan fingerprint density at radius 1 is 1.04 bits per heavy atom. The number of aromatic nitrogens is 3. The monoisotopic (exact) mass is 325 g/mol. The van der Waals surface area contributed by atoms with E-state index in [9.17, 15) is 8.42 Å². The fraction of sp³-hybridized carbons (Fsp3) is 0. The first-order chi connectivity index (χ1) is 11.1. The van der Waals surface area contributed by atoms with Gasteiger partial charge in [-0.25, -0.2) is 8.42 Å². The lowest BCUT2D eigenvalue weighted by molar-refractivity contribution is 0.601. The van der Waals surface area contributed by atoms with Gasteiger partial charge in [0.15, 0.2) is 5.82 Å². The fourth-order valence-corrected chi connectivity index (χ4v) is 2.88. The number of nitrogens with zero attached hydrogens (tertiary/aromatic N) is 4. The number of sulfonamides is 1. The van der Waals surface area contributed by atoms with E-state index in [1.807, 2.05) is 24.3 Å². The molecule has 3 rings (SSSR count). The van der Waals surface area contributed by atoms with Gasteiger partial charge in [0.25, 0.3) is 10.0 Å². The smallest absolute Gasteiger partial charge is 0.260 e. The zero-order valence-corrected chi connectivity index (χ0v) is 12.6. The van der Waals surface area contributed by atoms with Crippen LogP contribution in [0.1, 0.15) is 5.56 Å². The Morgan fingerprint density at radius 3 is 2.39 bits per heavy atom. The van der Waals surface area contributed by atoms with Gasteiger partial charge in [-0.3, -0.25) is 4.72 Å². The summed E-state index contributed by atoms with van der Waals surface area (Å²) in [7, 11) is -3.78. The molecule has 8 heteroatoms. The van der Waals surface area contributed by atoms with E-state index in [0.717, 1.165) is 5.69 Å².